The molecule has 2 aromatic heterocycles. The highest BCUT2D eigenvalue weighted by Crippen LogP contribution is 2.28. The summed E-state index contributed by atoms with van der Waals surface area (Å²) in [4.78, 5) is 17.3. The van der Waals surface area contributed by atoms with Gasteiger partial charge >= 0.3 is 0 Å². The molecule has 0 atom stereocenters. The largest absolute Gasteiger partial charge is 0.494 e. The second kappa shape index (κ2) is 7.35. The third kappa shape index (κ3) is 3.54. The second-order valence-corrected chi connectivity index (χ2v) is 6.70. The zero-order valence-corrected chi connectivity index (χ0v) is 16.2. The monoisotopic (exact) mass is 390 g/mol. The molecule has 2 aromatic carbocycles. The van der Waals surface area contributed by atoms with Crippen molar-refractivity contribution in [3.63, 3.8) is 0 Å². The number of hydrogen-bond acceptors (Lipinski definition) is 4. The van der Waals surface area contributed by atoms with Gasteiger partial charge in [0.25, 0.3) is 5.91 Å². The van der Waals surface area contributed by atoms with Crippen LogP contribution in [0.4, 0.5) is 10.2 Å². The van der Waals surface area contributed by atoms with Crippen LogP contribution < -0.4 is 10.1 Å². The number of carbonyl (C=O) groups is 1. The molecule has 0 aliphatic carbocycles. The van der Waals surface area contributed by atoms with Crippen LogP contribution in [0.5, 0.6) is 5.75 Å². The number of nitrogens with one attached hydrogen (secondary N) is 1. The zero-order chi connectivity index (χ0) is 20.5. The average molecular weight is 390 g/mol. The number of aromatic nitrogens is 3. The number of halogens is 1. The summed E-state index contributed by atoms with van der Waals surface area (Å²) in [5, 5.41) is 8.24. The van der Waals surface area contributed by atoms with Gasteiger partial charge in [-0.1, -0.05) is 18.2 Å². The Balaban J connectivity index is 1.78. The minimum absolute atomic E-state index is 0.222. The maximum Gasteiger partial charge on any atom is 0.256 e. The van der Waals surface area contributed by atoms with Crippen LogP contribution in [-0.4, -0.2) is 27.8 Å². The van der Waals surface area contributed by atoms with Crippen LogP contribution in [0.1, 0.15) is 21.6 Å². The first-order valence-electron chi connectivity index (χ1n) is 9.04. The van der Waals surface area contributed by atoms with Crippen LogP contribution in [0, 0.1) is 19.7 Å². The Bertz CT molecular complexity index is 1230. The molecule has 0 saturated carbocycles. The summed E-state index contributed by atoms with van der Waals surface area (Å²) in [6.07, 6.45) is 0. The number of rotatable bonds is 4. The SMILES string of the molecule is COc1cccc2c(C)cc(-n3nc(C)cc3NC(=O)c3cccc(F)c3)nc12. The van der Waals surface area contributed by atoms with Gasteiger partial charge in [-0.2, -0.15) is 9.78 Å². The molecule has 0 unspecified atom stereocenters. The van der Waals surface area contributed by atoms with E-state index in [1.165, 1.54) is 18.2 Å². The summed E-state index contributed by atoms with van der Waals surface area (Å²) in [5.41, 5.74) is 2.64. The molecule has 0 radical (unpaired) electrons. The van der Waals surface area contributed by atoms with Crippen molar-refractivity contribution in [1.82, 2.24) is 14.8 Å². The molecule has 29 heavy (non-hydrogen) atoms. The van der Waals surface area contributed by atoms with Crippen LogP contribution in [0.3, 0.4) is 0 Å². The number of methoxy groups -OCH3 is 1. The Morgan fingerprint density at radius 1 is 1.10 bits per heavy atom. The van der Waals surface area contributed by atoms with E-state index in [9.17, 15) is 9.18 Å². The van der Waals surface area contributed by atoms with E-state index in [2.05, 4.69) is 10.4 Å². The van der Waals surface area contributed by atoms with Gasteiger partial charge in [0, 0.05) is 17.0 Å². The van der Waals surface area contributed by atoms with Crippen molar-refractivity contribution in [3.05, 3.63) is 77.2 Å². The lowest BCUT2D eigenvalue weighted by Gasteiger charge is -2.12. The van der Waals surface area contributed by atoms with Gasteiger partial charge in [-0.25, -0.2) is 9.37 Å². The van der Waals surface area contributed by atoms with Crippen LogP contribution in [0.25, 0.3) is 16.7 Å². The maximum absolute atomic E-state index is 13.5. The zero-order valence-electron chi connectivity index (χ0n) is 16.2. The van der Waals surface area contributed by atoms with E-state index in [4.69, 9.17) is 9.72 Å². The first kappa shape index (κ1) is 18.6. The van der Waals surface area contributed by atoms with Gasteiger partial charge in [-0.15, -0.1) is 0 Å². The number of benzene rings is 2. The molecule has 4 rings (SSSR count). The number of fused-ring (bicyclic) bond motifs is 1. The summed E-state index contributed by atoms with van der Waals surface area (Å²) < 4.78 is 20.5. The first-order valence-corrected chi connectivity index (χ1v) is 9.04. The number of para-hydroxylation sites is 1. The summed E-state index contributed by atoms with van der Waals surface area (Å²) in [5.74, 6) is 0.740. The predicted octanol–water partition coefficient (Wildman–Crippen LogP) is 4.44. The fourth-order valence-electron chi connectivity index (χ4n) is 3.23. The highest BCUT2D eigenvalue weighted by atomic mass is 19.1. The number of aryl methyl sites for hydroxylation is 2. The number of pyridine rings is 1. The fraction of sp³-hybridized carbons (Fsp3) is 0.136. The predicted molar refractivity (Wildman–Crippen MR) is 109 cm³/mol. The van der Waals surface area contributed by atoms with E-state index < -0.39 is 11.7 Å². The van der Waals surface area contributed by atoms with E-state index in [-0.39, 0.29) is 5.56 Å². The van der Waals surface area contributed by atoms with Gasteiger partial charge in [0.05, 0.1) is 12.8 Å². The first-order chi connectivity index (χ1) is 14.0. The number of nitrogens with zero attached hydrogens (tertiary/aromatic N) is 3. The average Bonchev–Trinajstić information content (AvgIpc) is 3.07. The molecular formula is C22H19FN4O2. The van der Waals surface area contributed by atoms with E-state index in [0.717, 1.165) is 10.9 Å². The Kier molecular flexibility index (Phi) is 4.72. The van der Waals surface area contributed by atoms with Crippen molar-refractivity contribution in [2.75, 3.05) is 12.4 Å². The van der Waals surface area contributed by atoms with Crippen LogP contribution in [0.2, 0.25) is 0 Å². The van der Waals surface area contributed by atoms with Crippen LogP contribution >= 0.6 is 0 Å². The lowest BCUT2D eigenvalue weighted by atomic mass is 10.1. The summed E-state index contributed by atoms with van der Waals surface area (Å²) in [6, 6.07) is 14.9. The third-order valence-corrected chi connectivity index (χ3v) is 4.59. The summed E-state index contributed by atoms with van der Waals surface area (Å²) >= 11 is 0. The summed E-state index contributed by atoms with van der Waals surface area (Å²) in [7, 11) is 1.60. The molecule has 0 saturated heterocycles. The normalized spacial score (nSPS) is 10.9. The molecule has 1 N–H and O–H groups in total. The molecule has 2 heterocycles. The van der Waals surface area contributed by atoms with Crippen molar-refractivity contribution < 1.29 is 13.9 Å². The van der Waals surface area contributed by atoms with Crippen LogP contribution in [0.15, 0.2) is 54.6 Å². The number of amides is 1. The Morgan fingerprint density at radius 3 is 2.66 bits per heavy atom. The van der Waals surface area contributed by atoms with E-state index in [0.29, 0.717) is 28.6 Å². The standard InChI is InChI=1S/C22H19FN4O2/c1-13-10-19(24-21-17(13)8-5-9-18(21)29-3)27-20(11-14(2)26-27)25-22(28)15-6-4-7-16(23)12-15/h4-12H,1-3H3,(H,25,28). The van der Waals surface area contributed by atoms with E-state index in [1.54, 1.807) is 23.9 Å². The molecular weight excluding hydrogens is 371 g/mol. The third-order valence-electron chi connectivity index (χ3n) is 4.59. The molecule has 0 bridgehead atoms. The quantitative estimate of drug-likeness (QED) is 0.559. The lowest BCUT2D eigenvalue weighted by Crippen LogP contribution is -2.16. The molecule has 1 amide bonds. The topological polar surface area (TPSA) is 69.0 Å². The van der Waals surface area contributed by atoms with E-state index >= 15 is 0 Å². The molecule has 7 heteroatoms. The van der Waals surface area contributed by atoms with Crippen molar-refractivity contribution in [2.24, 2.45) is 0 Å². The van der Waals surface area contributed by atoms with Crippen molar-refractivity contribution in [1.29, 1.82) is 0 Å². The summed E-state index contributed by atoms with van der Waals surface area (Å²) in [6.45, 7) is 3.80. The van der Waals surface area contributed by atoms with Gasteiger partial charge in [-0.05, 0) is 49.7 Å². The minimum Gasteiger partial charge on any atom is -0.494 e. The molecule has 6 nitrogen and oxygen atoms in total. The molecule has 0 spiro atoms. The van der Waals surface area contributed by atoms with Crippen molar-refractivity contribution in [3.8, 4) is 11.6 Å². The smallest absolute Gasteiger partial charge is 0.256 e. The van der Waals surface area contributed by atoms with Gasteiger partial charge in [0.2, 0.25) is 0 Å². The minimum atomic E-state index is -0.471. The van der Waals surface area contributed by atoms with Gasteiger partial charge in [-0.3, -0.25) is 4.79 Å². The highest BCUT2D eigenvalue weighted by molar-refractivity contribution is 6.04. The number of anilines is 1. The molecule has 0 fully saturated rings. The molecule has 0 aliphatic heterocycles. The molecule has 0 aliphatic rings. The number of carbonyl (C=O) groups excluding carboxylic acids is 1. The highest BCUT2D eigenvalue weighted by Gasteiger charge is 2.16. The lowest BCUT2D eigenvalue weighted by molar-refractivity contribution is 0.102. The van der Waals surface area contributed by atoms with Crippen molar-refractivity contribution in [2.45, 2.75) is 13.8 Å². The number of hydrogen-bond donors (Lipinski definition) is 1. The van der Waals surface area contributed by atoms with Gasteiger partial charge in [0.1, 0.15) is 22.9 Å². The maximum atomic E-state index is 13.5. The Hall–Kier alpha value is -3.74. The number of ether oxygens (including phenoxy) is 1. The van der Waals surface area contributed by atoms with Crippen LogP contribution in [-0.2, 0) is 0 Å². The van der Waals surface area contributed by atoms with E-state index in [1.807, 2.05) is 38.1 Å². The van der Waals surface area contributed by atoms with Gasteiger partial charge < -0.3 is 10.1 Å². The second-order valence-electron chi connectivity index (χ2n) is 6.70. The van der Waals surface area contributed by atoms with Gasteiger partial charge in [0.15, 0.2) is 5.82 Å². The Labute approximate surface area is 167 Å². The van der Waals surface area contributed by atoms with Crippen molar-refractivity contribution >= 4 is 22.6 Å². The molecule has 4 aromatic rings. The fourth-order valence-corrected chi connectivity index (χ4v) is 3.23. The molecule has 146 valence electrons. The Morgan fingerprint density at radius 2 is 1.90 bits per heavy atom.